The first-order valence-electron chi connectivity index (χ1n) is 18.8. The lowest BCUT2D eigenvalue weighted by atomic mass is 10.1. The predicted molar refractivity (Wildman–Crippen MR) is 195 cm³/mol. The van der Waals surface area contributed by atoms with Crippen LogP contribution in [0.15, 0.2) is 54.6 Å². The van der Waals surface area contributed by atoms with Crippen molar-refractivity contribution in [3.05, 3.63) is 88.7 Å². The topological polar surface area (TPSA) is 88.1 Å². The largest absolute Gasteiger partial charge is 0.491 e. The molecule has 0 radical (unpaired) electrons. The molecule has 0 spiro atoms. The van der Waals surface area contributed by atoms with Gasteiger partial charge in [0.1, 0.15) is 17.7 Å². The molecule has 0 fully saturated rings. The summed E-state index contributed by atoms with van der Waals surface area (Å²) in [7, 11) is 0. The van der Waals surface area contributed by atoms with Crippen molar-refractivity contribution in [1.82, 2.24) is 0 Å². The van der Waals surface area contributed by atoms with Crippen molar-refractivity contribution < 1.29 is 46.5 Å². The Morgan fingerprint density at radius 1 is 0.558 bits per heavy atom. The van der Waals surface area contributed by atoms with Gasteiger partial charge in [0, 0.05) is 6.07 Å². The van der Waals surface area contributed by atoms with Crippen LogP contribution in [0.3, 0.4) is 0 Å². The number of hydrogen-bond acceptors (Lipinski definition) is 7. The van der Waals surface area contributed by atoms with Gasteiger partial charge in [-0.1, -0.05) is 97.8 Å². The van der Waals surface area contributed by atoms with Gasteiger partial charge in [-0.25, -0.2) is 27.6 Å². The molecule has 0 amide bonds. The molecule has 0 saturated carbocycles. The van der Waals surface area contributed by atoms with Crippen LogP contribution in [0, 0.1) is 17.5 Å². The average Bonchev–Trinajstić information content (AvgIpc) is 3.13. The summed E-state index contributed by atoms with van der Waals surface area (Å²) in [6.07, 6.45) is 16.8. The van der Waals surface area contributed by atoms with Crippen molar-refractivity contribution in [2.75, 3.05) is 6.61 Å². The molecule has 0 saturated heterocycles. The van der Waals surface area contributed by atoms with Gasteiger partial charge in [0.25, 0.3) is 0 Å². The Balaban J connectivity index is 1.47. The number of carbonyl (C=O) groups is 3. The molecule has 3 aromatic rings. The van der Waals surface area contributed by atoms with Crippen LogP contribution in [-0.4, -0.2) is 30.6 Å². The lowest BCUT2D eigenvalue weighted by Crippen LogP contribution is -2.18. The third-order valence-electron chi connectivity index (χ3n) is 8.77. The maximum absolute atomic E-state index is 14.9. The van der Waals surface area contributed by atoms with E-state index in [1.54, 1.807) is 0 Å². The van der Waals surface area contributed by atoms with Crippen LogP contribution >= 0.6 is 0 Å². The van der Waals surface area contributed by atoms with Crippen LogP contribution in [-0.2, 0) is 4.74 Å². The number of benzene rings is 3. The molecule has 10 heteroatoms. The van der Waals surface area contributed by atoms with Crippen molar-refractivity contribution in [3.8, 4) is 17.2 Å². The lowest BCUT2D eigenvalue weighted by molar-refractivity contribution is 0.0261. The van der Waals surface area contributed by atoms with Crippen molar-refractivity contribution in [2.24, 2.45) is 0 Å². The molecule has 3 aromatic carbocycles. The third kappa shape index (κ3) is 14.4. The molecule has 0 heterocycles. The van der Waals surface area contributed by atoms with E-state index in [0.29, 0.717) is 19.4 Å². The smallest absolute Gasteiger partial charge is 0.343 e. The van der Waals surface area contributed by atoms with E-state index in [9.17, 15) is 27.6 Å². The quantitative estimate of drug-likeness (QED) is 0.0516. The van der Waals surface area contributed by atoms with Gasteiger partial charge in [-0.05, 0) is 74.2 Å². The van der Waals surface area contributed by atoms with Crippen molar-refractivity contribution >= 4 is 17.9 Å². The van der Waals surface area contributed by atoms with Crippen LogP contribution in [0.25, 0.3) is 0 Å². The fourth-order valence-electron chi connectivity index (χ4n) is 5.64. The highest BCUT2D eigenvalue weighted by molar-refractivity contribution is 5.93. The fourth-order valence-corrected chi connectivity index (χ4v) is 5.64. The number of unbranched alkanes of at least 4 members (excludes halogenated alkanes) is 12. The molecule has 0 bridgehead atoms. The number of ether oxygens (including phenoxy) is 4. The number of esters is 3. The Kier molecular flexibility index (Phi) is 18.8. The summed E-state index contributed by atoms with van der Waals surface area (Å²) in [5, 5.41) is 0. The van der Waals surface area contributed by atoms with E-state index < -0.39 is 41.1 Å². The first-order chi connectivity index (χ1) is 25.2. The highest BCUT2D eigenvalue weighted by atomic mass is 19.1. The number of hydrogen-bond donors (Lipinski definition) is 0. The number of halogens is 3. The monoisotopic (exact) mass is 726 g/mol. The third-order valence-corrected chi connectivity index (χ3v) is 8.77. The Morgan fingerprint density at radius 2 is 1.10 bits per heavy atom. The molecule has 0 aliphatic heterocycles. The molecule has 3 rings (SSSR count). The van der Waals surface area contributed by atoms with Gasteiger partial charge in [-0.3, -0.25) is 0 Å². The highest BCUT2D eigenvalue weighted by Crippen LogP contribution is 2.25. The maximum Gasteiger partial charge on any atom is 0.343 e. The van der Waals surface area contributed by atoms with Crippen LogP contribution in [0.2, 0.25) is 0 Å². The molecule has 0 N–H and O–H groups in total. The van der Waals surface area contributed by atoms with Crippen LogP contribution in [0.4, 0.5) is 13.2 Å². The summed E-state index contributed by atoms with van der Waals surface area (Å²) in [6.45, 7) is 6.56. The molecule has 52 heavy (non-hydrogen) atoms. The minimum absolute atomic E-state index is 0.00859. The van der Waals surface area contributed by atoms with Crippen LogP contribution < -0.4 is 14.2 Å². The van der Waals surface area contributed by atoms with E-state index in [1.807, 2.05) is 6.92 Å². The molecule has 7 nitrogen and oxygen atoms in total. The molecular formula is C42H53F3O7. The van der Waals surface area contributed by atoms with Crippen molar-refractivity contribution in [1.29, 1.82) is 0 Å². The summed E-state index contributed by atoms with van der Waals surface area (Å²) in [5.41, 5.74) is -0.696. The van der Waals surface area contributed by atoms with E-state index in [-0.39, 0.29) is 34.3 Å². The normalized spacial score (nSPS) is 11.6. The SMILES string of the molecule is CCCCCCCCCCCCOc1ccc(C(=O)Oc2ccc(C(=O)Oc3ccc(C(=O)OC(CC)CCCCCC)c(F)c3)cc2F)cc1F. The zero-order valence-electron chi connectivity index (χ0n) is 30.8. The zero-order valence-corrected chi connectivity index (χ0v) is 30.8. The maximum atomic E-state index is 14.9. The molecule has 284 valence electrons. The van der Waals surface area contributed by atoms with Gasteiger partial charge < -0.3 is 18.9 Å². The van der Waals surface area contributed by atoms with Crippen LogP contribution in [0.5, 0.6) is 17.2 Å². The van der Waals surface area contributed by atoms with Crippen molar-refractivity contribution in [2.45, 2.75) is 130 Å². The Hall–Kier alpha value is -4.34. The summed E-state index contributed by atoms with van der Waals surface area (Å²) in [5.74, 6) is -6.26. The Morgan fingerprint density at radius 3 is 1.65 bits per heavy atom. The number of carbonyl (C=O) groups excluding carboxylic acids is 3. The summed E-state index contributed by atoms with van der Waals surface area (Å²) in [6, 6.07) is 9.88. The van der Waals surface area contributed by atoms with Gasteiger partial charge in [-0.2, -0.15) is 0 Å². The van der Waals surface area contributed by atoms with E-state index in [4.69, 9.17) is 18.9 Å². The number of rotatable bonds is 24. The van der Waals surface area contributed by atoms with Crippen LogP contribution in [0.1, 0.15) is 155 Å². The van der Waals surface area contributed by atoms with Crippen molar-refractivity contribution in [3.63, 3.8) is 0 Å². The average molecular weight is 727 g/mol. The lowest BCUT2D eigenvalue weighted by Gasteiger charge is -2.16. The standard InChI is InChI=1S/C42H53F3O7/c1-4-7-9-11-12-13-14-15-16-18-26-49-38-24-20-31(27-36(38)44)41(47)52-39-25-21-30(28-37(39)45)40(46)51-33-22-23-34(35(43)29-33)42(48)50-32(6-3)19-17-10-8-5-2/h20-25,27-29,32H,4-19,26H2,1-3H3. The summed E-state index contributed by atoms with van der Waals surface area (Å²) in [4.78, 5) is 37.9. The van der Waals surface area contributed by atoms with Gasteiger partial charge in [-0.15, -0.1) is 0 Å². The first-order valence-corrected chi connectivity index (χ1v) is 18.8. The summed E-state index contributed by atoms with van der Waals surface area (Å²) < 4.78 is 65.6. The molecular weight excluding hydrogens is 673 g/mol. The second kappa shape index (κ2) is 23.3. The Bertz CT molecular complexity index is 1580. The highest BCUT2D eigenvalue weighted by Gasteiger charge is 2.21. The van der Waals surface area contributed by atoms with E-state index in [0.717, 1.165) is 81.3 Å². The first kappa shape index (κ1) is 42.1. The predicted octanol–water partition coefficient (Wildman–Crippen LogP) is 11.7. The fraction of sp³-hybridized carbons (Fsp3) is 0.500. The molecule has 1 atom stereocenters. The molecule has 0 aromatic heterocycles. The van der Waals surface area contributed by atoms with E-state index in [2.05, 4.69) is 13.8 Å². The van der Waals surface area contributed by atoms with E-state index in [1.165, 1.54) is 63.1 Å². The molecule has 1 unspecified atom stereocenters. The second-order valence-corrected chi connectivity index (χ2v) is 13.0. The minimum Gasteiger partial charge on any atom is -0.491 e. The zero-order chi connectivity index (χ0) is 37.7. The summed E-state index contributed by atoms with van der Waals surface area (Å²) >= 11 is 0. The molecule has 0 aliphatic carbocycles. The molecule has 0 aliphatic rings. The van der Waals surface area contributed by atoms with Gasteiger partial charge in [0.05, 0.1) is 23.3 Å². The minimum atomic E-state index is -1.05. The van der Waals surface area contributed by atoms with Gasteiger partial charge >= 0.3 is 17.9 Å². The van der Waals surface area contributed by atoms with E-state index >= 15 is 0 Å². The Labute approximate surface area is 306 Å². The van der Waals surface area contributed by atoms with Gasteiger partial charge in [0.2, 0.25) is 0 Å². The second-order valence-electron chi connectivity index (χ2n) is 13.0. The van der Waals surface area contributed by atoms with Gasteiger partial charge in [0.15, 0.2) is 23.1 Å².